The number of alkyl halides is 3. The first-order valence-electron chi connectivity index (χ1n) is 7.97. The molecule has 1 atom stereocenters. The number of halogens is 6. The predicted molar refractivity (Wildman–Crippen MR) is 96.9 cm³/mol. The number of hydrogen-bond donors (Lipinski definition) is 2. The number of rotatable bonds is 5. The lowest BCUT2D eigenvalue weighted by Gasteiger charge is -2.38. The van der Waals surface area contributed by atoms with Gasteiger partial charge in [0.15, 0.2) is 5.60 Å². The lowest BCUT2D eigenvalue weighted by molar-refractivity contribution is -0.266. The standard InChI is InChI=1S/C19H18Cl2F4O2/c1-17(2,13-8-12(22)4-6-16(13)26)10-18(27,19(23,24)25)9-11-3-5-14(20)15(21)7-11/h3-8,26-27H,9-10H2,1-2H3. The molecule has 0 radical (unpaired) electrons. The van der Waals surface area contributed by atoms with Crippen LogP contribution in [0.1, 0.15) is 31.4 Å². The third-order valence-corrected chi connectivity index (χ3v) is 5.17. The molecule has 2 aromatic rings. The zero-order valence-electron chi connectivity index (χ0n) is 14.5. The highest BCUT2D eigenvalue weighted by atomic mass is 35.5. The molecule has 0 aliphatic carbocycles. The molecule has 0 spiro atoms. The number of phenols is 1. The summed E-state index contributed by atoms with van der Waals surface area (Å²) >= 11 is 11.6. The van der Waals surface area contributed by atoms with Gasteiger partial charge in [-0.15, -0.1) is 0 Å². The largest absolute Gasteiger partial charge is 0.508 e. The molecule has 0 fully saturated rings. The van der Waals surface area contributed by atoms with Crippen molar-refractivity contribution in [1.29, 1.82) is 0 Å². The maximum Gasteiger partial charge on any atom is 0.417 e. The molecular weight excluding hydrogens is 407 g/mol. The number of benzene rings is 2. The highest BCUT2D eigenvalue weighted by molar-refractivity contribution is 6.42. The van der Waals surface area contributed by atoms with Gasteiger partial charge < -0.3 is 10.2 Å². The van der Waals surface area contributed by atoms with Gasteiger partial charge in [0.25, 0.3) is 0 Å². The Kier molecular flexibility index (Phi) is 6.05. The van der Waals surface area contributed by atoms with E-state index >= 15 is 0 Å². The van der Waals surface area contributed by atoms with E-state index in [4.69, 9.17) is 23.2 Å². The Morgan fingerprint density at radius 1 is 0.963 bits per heavy atom. The minimum absolute atomic E-state index is 0.0284. The number of aliphatic hydroxyl groups is 1. The van der Waals surface area contributed by atoms with Crippen LogP contribution < -0.4 is 0 Å². The van der Waals surface area contributed by atoms with E-state index in [1.807, 2.05) is 0 Å². The lowest BCUT2D eigenvalue weighted by Crippen LogP contribution is -2.50. The minimum Gasteiger partial charge on any atom is -0.508 e. The summed E-state index contributed by atoms with van der Waals surface area (Å²) < 4.78 is 54.8. The van der Waals surface area contributed by atoms with Crippen LogP contribution >= 0.6 is 23.2 Å². The Morgan fingerprint density at radius 2 is 1.59 bits per heavy atom. The van der Waals surface area contributed by atoms with Gasteiger partial charge in [-0.1, -0.05) is 43.1 Å². The zero-order valence-corrected chi connectivity index (χ0v) is 16.1. The first-order valence-corrected chi connectivity index (χ1v) is 8.73. The summed E-state index contributed by atoms with van der Waals surface area (Å²) in [5.74, 6) is -1.05. The van der Waals surface area contributed by atoms with Gasteiger partial charge >= 0.3 is 6.18 Å². The molecule has 0 aliphatic rings. The monoisotopic (exact) mass is 424 g/mol. The first kappa shape index (κ1) is 21.8. The predicted octanol–water partition coefficient (Wildman–Crippen LogP) is 6.04. The second-order valence-corrected chi connectivity index (χ2v) is 7.99. The third-order valence-electron chi connectivity index (χ3n) is 4.43. The van der Waals surface area contributed by atoms with Crippen LogP contribution in [0.2, 0.25) is 10.0 Å². The van der Waals surface area contributed by atoms with Gasteiger partial charge in [0.1, 0.15) is 11.6 Å². The van der Waals surface area contributed by atoms with Crippen LogP contribution in [0.5, 0.6) is 5.75 Å². The van der Waals surface area contributed by atoms with Crippen molar-refractivity contribution in [3.05, 3.63) is 63.4 Å². The van der Waals surface area contributed by atoms with E-state index in [2.05, 4.69) is 0 Å². The van der Waals surface area contributed by atoms with Crippen molar-refractivity contribution in [3.8, 4) is 5.75 Å². The van der Waals surface area contributed by atoms with E-state index in [0.29, 0.717) is 0 Å². The van der Waals surface area contributed by atoms with Gasteiger partial charge in [-0.3, -0.25) is 0 Å². The molecule has 1 unspecified atom stereocenters. The van der Waals surface area contributed by atoms with Crippen LogP contribution in [0.3, 0.4) is 0 Å². The summed E-state index contributed by atoms with van der Waals surface area (Å²) in [6.07, 6.45) is -6.55. The second kappa shape index (κ2) is 7.49. The van der Waals surface area contributed by atoms with Gasteiger partial charge in [-0.25, -0.2) is 4.39 Å². The molecule has 0 aromatic heterocycles. The van der Waals surface area contributed by atoms with E-state index < -0.39 is 35.9 Å². The SMILES string of the molecule is CC(C)(CC(O)(Cc1ccc(Cl)c(Cl)c1)C(F)(F)F)c1cc(F)ccc1O. The zero-order chi connectivity index (χ0) is 20.6. The third kappa shape index (κ3) is 4.86. The van der Waals surface area contributed by atoms with Crippen molar-refractivity contribution in [1.82, 2.24) is 0 Å². The molecule has 8 heteroatoms. The van der Waals surface area contributed by atoms with Gasteiger partial charge in [0.05, 0.1) is 10.0 Å². The van der Waals surface area contributed by atoms with Crippen LogP contribution in [0, 0.1) is 5.82 Å². The fraction of sp³-hybridized carbons (Fsp3) is 0.368. The maximum absolute atomic E-state index is 13.8. The fourth-order valence-electron chi connectivity index (χ4n) is 3.13. The highest BCUT2D eigenvalue weighted by Gasteiger charge is 2.56. The average Bonchev–Trinajstić information content (AvgIpc) is 2.51. The topological polar surface area (TPSA) is 40.5 Å². The fourth-order valence-corrected chi connectivity index (χ4v) is 3.45. The Morgan fingerprint density at radius 3 is 2.15 bits per heavy atom. The number of phenolic OH excluding ortho intramolecular Hbond substituents is 1. The summed E-state index contributed by atoms with van der Waals surface area (Å²) in [6.45, 7) is 2.79. The van der Waals surface area contributed by atoms with Crippen LogP contribution in [0.4, 0.5) is 17.6 Å². The molecule has 2 N–H and O–H groups in total. The normalized spacial score (nSPS) is 14.9. The molecule has 2 aromatic carbocycles. The van der Waals surface area contributed by atoms with Gasteiger partial charge in [0, 0.05) is 12.0 Å². The molecule has 0 saturated carbocycles. The average molecular weight is 425 g/mol. The van der Waals surface area contributed by atoms with Crippen molar-refractivity contribution >= 4 is 23.2 Å². The Hall–Kier alpha value is -1.50. The van der Waals surface area contributed by atoms with Crippen molar-refractivity contribution in [2.24, 2.45) is 0 Å². The molecule has 0 amide bonds. The van der Waals surface area contributed by atoms with E-state index in [9.17, 15) is 27.8 Å². The molecule has 0 heterocycles. The van der Waals surface area contributed by atoms with Crippen molar-refractivity contribution in [2.75, 3.05) is 0 Å². The Bertz CT molecular complexity index is 837. The van der Waals surface area contributed by atoms with Crippen LogP contribution in [0.25, 0.3) is 0 Å². The van der Waals surface area contributed by atoms with Gasteiger partial charge in [-0.05, 0) is 47.7 Å². The maximum atomic E-state index is 13.8. The molecule has 2 rings (SSSR count). The van der Waals surface area contributed by atoms with E-state index in [1.165, 1.54) is 32.0 Å². The smallest absolute Gasteiger partial charge is 0.417 e. The van der Waals surface area contributed by atoms with Crippen molar-refractivity contribution in [2.45, 2.75) is 43.9 Å². The molecular formula is C19H18Cl2F4O2. The van der Waals surface area contributed by atoms with Crippen molar-refractivity contribution in [3.63, 3.8) is 0 Å². The van der Waals surface area contributed by atoms with E-state index in [0.717, 1.165) is 18.2 Å². The summed E-state index contributed by atoms with van der Waals surface area (Å²) in [5.41, 5.74) is -4.40. The summed E-state index contributed by atoms with van der Waals surface area (Å²) in [4.78, 5) is 0. The van der Waals surface area contributed by atoms with Crippen molar-refractivity contribution < 1.29 is 27.8 Å². The second-order valence-electron chi connectivity index (χ2n) is 7.18. The molecule has 0 saturated heterocycles. The molecule has 148 valence electrons. The Balaban J connectivity index is 2.43. The molecule has 0 aliphatic heterocycles. The lowest BCUT2D eigenvalue weighted by atomic mass is 9.72. The van der Waals surface area contributed by atoms with Crippen LogP contribution in [-0.2, 0) is 11.8 Å². The van der Waals surface area contributed by atoms with Gasteiger partial charge in [0.2, 0.25) is 0 Å². The van der Waals surface area contributed by atoms with Crippen LogP contribution in [0.15, 0.2) is 36.4 Å². The molecule has 2 nitrogen and oxygen atoms in total. The summed E-state index contributed by atoms with van der Waals surface area (Å²) in [7, 11) is 0. The highest BCUT2D eigenvalue weighted by Crippen LogP contribution is 2.45. The Labute approximate surface area is 164 Å². The van der Waals surface area contributed by atoms with Gasteiger partial charge in [-0.2, -0.15) is 13.2 Å². The van der Waals surface area contributed by atoms with Crippen LogP contribution in [-0.4, -0.2) is 22.0 Å². The quantitative estimate of drug-likeness (QED) is 0.574. The molecule has 0 bridgehead atoms. The number of aromatic hydroxyl groups is 1. The summed E-state index contributed by atoms with van der Waals surface area (Å²) in [6, 6.07) is 6.98. The minimum atomic E-state index is -4.97. The van der Waals surface area contributed by atoms with E-state index in [1.54, 1.807) is 0 Å². The molecule has 27 heavy (non-hydrogen) atoms. The number of hydrogen-bond acceptors (Lipinski definition) is 2. The van der Waals surface area contributed by atoms with E-state index in [-0.39, 0.29) is 26.9 Å². The summed E-state index contributed by atoms with van der Waals surface area (Å²) in [5, 5.41) is 20.8. The first-order chi connectivity index (χ1) is 12.2.